The monoisotopic (exact) mass is 459 g/mol. The lowest BCUT2D eigenvalue weighted by Crippen LogP contribution is -2.43. The first-order valence-corrected chi connectivity index (χ1v) is 12.1. The van der Waals surface area contributed by atoms with Gasteiger partial charge in [-0.1, -0.05) is 25.1 Å². The van der Waals surface area contributed by atoms with E-state index < -0.39 is 0 Å². The standard InChI is InChI=1S/C25H29N7O2/c1-14-12-32(10-9-16(14)19-17-5-3-4-6-18(17)29-24(19)33)22-20-21(27-13-28-22)31(2)23(30-20)25(34)26-11-15-7-8-15/h3-6,13-16,19H,7-12H2,1-2H3,(H,26,34)(H,29,33). The molecule has 9 heteroatoms. The largest absolute Gasteiger partial charge is 0.354 e. The van der Waals surface area contributed by atoms with E-state index in [1.165, 1.54) is 12.8 Å². The van der Waals surface area contributed by atoms with Crippen LogP contribution < -0.4 is 15.5 Å². The van der Waals surface area contributed by atoms with Crippen LogP contribution in [-0.2, 0) is 11.8 Å². The highest BCUT2D eigenvalue weighted by atomic mass is 16.2. The third kappa shape index (κ3) is 3.50. The lowest BCUT2D eigenvalue weighted by molar-refractivity contribution is -0.118. The SMILES string of the molecule is CC1CN(c2ncnc3c2nc(C(=O)NCC2CC2)n3C)CCC1C1C(=O)Nc2ccccc21. The molecular weight excluding hydrogens is 430 g/mol. The summed E-state index contributed by atoms with van der Waals surface area (Å²) in [7, 11) is 1.82. The molecule has 9 nitrogen and oxygen atoms in total. The van der Waals surface area contributed by atoms with Gasteiger partial charge in [-0.25, -0.2) is 15.0 Å². The quantitative estimate of drug-likeness (QED) is 0.608. The van der Waals surface area contributed by atoms with Gasteiger partial charge >= 0.3 is 0 Å². The van der Waals surface area contributed by atoms with Crippen molar-refractivity contribution < 1.29 is 9.59 Å². The van der Waals surface area contributed by atoms with Gasteiger partial charge in [0.2, 0.25) is 11.7 Å². The van der Waals surface area contributed by atoms with E-state index in [0.29, 0.717) is 29.5 Å². The summed E-state index contributed by atoms with van der Waals surface area (Å²) < 4.78 is 1.75. The predicted octanol–water partition coefficient (Wildman–Crippen LogP) is 2.70. The molecule has 3 unspecified atom stereocenters. The summed E-state index contributed by atoms with van der Waals surface area (Å²) in [6.45, 7) is 4.44. The number of aryl methyl sites for hydroxylation is 1. The average Bonchev–Trinajstić information content (AvgIpc) is 3.53. The normalized spacial score (nSPS) is 24.2. The van der Waals surface area contributed by atoms with Crippen molar-refractivity contribution in [3.05, 3.63) is 42.0 Å². The number of hydrogen-bond donors (Lipinski definition) is 2. The fraction of sp³-hybridized carbons (Fsp3) is 0.480. The highest BCUT2D eigenvalue weighted by molar-refractivity contribution is 6.03. The Morgan fingerprint density at radius 1 is 1.21 bits per heavy atom. The summed E-state index contributed by atoms with van der Waals surface area (Å²) in [6.07, 6.45) is 4.78. The number of hydrogen-bond acceptors (Lipinski definition) is 6. The second kappa shape index (κ2) is 8.07. The highest BCUT2D eigenvalue weighted by Gasteiger charge is 2.41. The van der Waals surface area contributed by atoms with Crippen molar-refractivity contribution in [2.45, 2.75) is 32.1 Å². The molecule has 2 amide bonds. The van der Waals surface area contributed by atoms with Crippen LogP contribution in [0.25, 0.3) is 11.2 Å². The first-order chi connectivity index (χ1) is 16.5. The van der Waals surface area contributed by atoms with Crippen molar-refractivity contribution in [1.29, 1.82) is 0 Å². The number of rotatable bonds is 5. The van der Waals surface area contributed by atoms with Gasteiger partial charge in [0.15, 0.2) is 17.0 Å². The second-order valence-electron chi connectivity index (χ2n) is 9.95. The van der Waals surface area contributed by atoms with Gasteiger partial charge in [-0.05, 0) is 48.6 Å². The molecule has 2 fully saturated rings. The van der Waals surface area contributed by atoms with Gasteiger partial charge in [-0.2, -0.15) is 0 Å². The van der Waals surface area contributed by atoms with Crippen LogP contribution >= 0.6 is 0 Å². The van der Waals surface area contributed by atoms with E-state index >= 15 is 0 Å². The van der Waals surface area contributed by atoms with E-state index in [2.05, 4.69) is 43.5 Å². The number of carbonyl (C=O) groups excluding carboxylic acids is 2. The van der Waals surface area contributed by atoms with Crippen LogP contribution in [0.15, 0.2) is 30.6 Å². The number of benzene rings is 1. The van der Waals surface area contributed by atoms with Gasteiger partial charge in [-0.3, -0.25) is 9.59 Å². The number of fused-ring (bicyclic) bond motifs is 2. The molecular formula is C25H29N7O2. The number of para-hydroxylation sites is 1. The minimum Gasteiger partial charge on any atom is -0.354 e. The number of anilines is 2. The fourth-order valence-electron chi connectivity index (χ4n) is 5.57. The number of aromatic nitrogens is 4. The highest BCUT2D eigenvalue weighted by Crippen LogP contribution is 2.44. The zero-order valence-corrected chi connectivity index (χ0v) is 19.5. The molecule has 3 aliphatic rings. The van der Waals surface area contributed by atoms with E-state index in [9.17, 15) is 9.59 Å². The molecule has 3 atom stereocenters. The van der Waals surface area contributed by atoms with Gasteiger partial charge in [0.05, 0.1) is 5.92 Å². The van der Waals surface area contributed by atoms with E-state index in [1.807, 2.05) is 25.2 Å². The van der Waals surface area contributed by atoms with Crippen LogP contribution in [0, 0.1) is 17.8 Å². The zero-order valence-electron chi connectivity index (χ0n) is 19.5. The van der Waals surface area contributed by atoms with E-state index in [4.69, 9.17) is 0 Å². The molecule has 0 spiro atoms. The van der Waals surface area contributed by atoms with Crippen LogP contribution in [0.5, 0.6) is 0 Å². The average molecular weight is 460 g/mol. The molecule has 1 aromatic carbocycles. The minimum atomic E-state index is -0.170. The summed E-state index contributed by atoms with van der Waals surface area (Å²) in [6, 6.07) is 8.00. The Morgan fingerprint density at radius 2 is 2.03 bits per heavy atom. The molecule has 1 aliphatic carbocycles. The Balaban J connectivity index is 1.24. The van der Waals surface area contributed by atoms with E-state index in [0.717, 1.165) is 36.6 Å². The van der Waals surface area contributed by atoms with Crippen molar-refractivity contribution in [3.8, 4) is 0 Å². The first-order valence-electron chi connectivity index (χ1n) is 12.1. The van der Waals surface area contributed by atoms with Gasteiger partial charge in [-0.15, -0.1) is 0 Å². The molecule has 1 saturated carbocycles. The maximum Gasteiger partial charge on any atom is 0.287 e. The Hall–Kier alpha value is -3.49. The zero-order chi connectivity index (χ0) is 23.4. The second-order valence-corrected chi connectivity index (χ2v) is 9.95. The topological polar surface area (TPSA) is 105 Å². The molecule has 4 heterocycles. The van der Waals surface area contributed by atoms with Crippen LogP contribution in [0.1, 0.15) is 48.3 Å². The molecule has 6 rings (SSSR count). The molecule has 0 bridgehead atoms. The predicted molar refractivity (Wildman–Crippen MR) is 129 cm³/mol. The van der Waals surface area contributed by atoms with Gasteiger partial charge in [0, 0.05) is 32.4 Å². The number of imidazole rings is 1. The molecule has 0 radical (unpaired) electrons. The number of carbonyl (C=O) groups is 2. The van der Waals surface area contributed by atoms with Crippen molar-refractivity contribution in [3.63, 3.8) is 0 Å². The summed E-state index contributed by atoms with van der Waals surface area (Å²) in [5, 5.41) is 6.05. The Kier molecular flexibility index (Phi) is 5.00. The molecule has 34 heavy (non-hydrogen) atoms. The molecule has 2 aliphatic heterocycles. The molecule has 3 aromatic rings. The van der Waals surface area contributed by atoms with Crippen LogP contribution in [0.4, 0.5) is 11.5 Å². The molecule has 176 valence electrons. The first kappa shape index (κ1) is 21.1. The number of nitrogens with one attached hydrogen (secondary N) is 2. The lowest BCUT2D eigenvalue weighted by Gasteiger charge is -2.39. The Morgan fingerprint density at radius 3 is 2.82 bits per heavy atom. The summed E-state index contributed by atoms with van der Waals surface area (Å²) in [4.78, 5) is 41.4. The summed E-state index contributed by atoms with van der Waals surface area (Å²) in [5.41, 5.74) is 3.34. The third-order valence-corrected chi connectivity index (χ3v) is 7.62. The van der Waals surface area contributed by atoms with Gasteiger partial charge in [0.25, 0.3) is 5.91 Å². The van der Waals surface area contributed by atoms with E-state index in [1.54, 1.807) is 10.9 Å². The minimum absolute atomic E-state index is 0.0995. The van der Waals surface area contributed by atoms with Crippen LogP contribution in [0.3, 0.4) is 0 Å². The van der Waals surface area contributed by atoms with Gasteiger partial charge in [0.1, 0.15) is 6.33 Å². The summed E-state index contributed by atoms with van der Waals surface area (Å²) in [5.74, 6) is 2.07. The van der Waals surface area contributed by atoms with Crippen LogP contribution in [-0.4, -0.2) is 51.0 Å². The Bertz CT molecular complexity index is 1280. The molecule has 1 saturated heterocycles. The molecule has 2 aromatic heterocycles. The molecule has 2 N–H and O–H groups in total. The maximum absolute atomic E-state index is 12.8. The van der Waals surface area contributed by atoms with Gasteiger partial charge < -0.3 is 20.1 Å². The Labute approximate surface area is 198 Å². The van der Waals surface area contributed by atoms with Crippen molar-refractivity contribution in [2.24, 2.45) is 24.8 Å². The smallest absolute Gasteiger partial charge is 0.287 e. The summed E-state index contributed by atoms with van der Waals surface area (Å²) >= 11 is 0. The van der Waals surface area contributed by atoms with Crippen molar-refractivity contribution in [1.82, 2.24) is 24.8 Å². The van der Waals surface area contributed by atoms with Crippen LogP contribution in [0.2, 0.25) is 0 Å². The maximum atomic E-state index is 12.8. The van der Waals surface area contributed by atoms with Crippen molar-refractivity contribution in [2.75, 3.05) is 29.9 Å². The number of amides is 2. The lowest BCUT2D eigenvalue weighted by atomic mass is 9.75. The fourth-order valence-corrected chi connectivity index (χ4v) is 5.57. The van der Waals surface area contributed by atoms with E-state index in [-0.39, 0.29) is 29.6 Å². The number of piperidine rings is 1. The third-order valence-electron chi connectivity index (χ3n) is 7.62. The van der Waals surface area contributed by atoms with Crippen molar-refractivity contribution >= 4 is 34.5 Å². The number of nitrogens with zero attached hydrogens (tertiary/aromatic N) is 5.